The molecular weight excluding hydrogens is 324 g/mol. The van der Waals surface area contributed by atoms with Gasteiger partial charge < -0.3 is 11.1 Å². The number of H-pyrrole nitrogens is 1. The van der Waals surface area contributed by atoms with Gasteiger partial charge in [0.05, 0.1) is 23.5 Å². The number of halogens is 3. The molecule has 0 saturated heterocycles. The summed E-state index contributed by atoms with van der Waals surface area (Å²) in [6, 6.07) is 3.77. The van der Waals surface area contributed by atoms with Gasteiger partial charge in [-0.15, -0.1) is 12.4 Å². The Kier molecular flexibility index (Phi) is 5.33. The molecule has 1 heterocycles. The molecule has 1 aromatic carbocycles. The molecular formula is C11H12ClF2N5O3. The largest absolute Gasteiger partial charge is 0.345 e. The highest BCUT2D eigenvalue weighted by Crippen LogP contribution is 2.22. The second-order valence-corrected chi connectivity index (χ2v) is 4.30. The molecule has 0 aliphatic carbocycles. The summed E-state index contributed by atoms with van der Waals surface area (Å²) in [6.07, 6.45) is 0. The molecule has 0 radical (unpaired) electrons. The van der Waals surface area contributed by atoms with Gasteiger partial charge in [0.1, 0.15) is 0 Å². The van der Waals surface area contributed by atoms with Crippen molar-refractivity contribution in [1.29, 1.82) is 0 Å². The third-order valence-corrected chi connectivity index (χ3v) is 2.78. The van der Waals surface area contributed by atoms with Crippen molar-refractivity contribution in [3.8, 4) is 0 Å². The van der Waals surface area contributed by atoms with Gasteiger partial charge in [0.15, 0.2) is 5.69 Å². The summed E-state index contributed by atoms with van der Waals surface area (Å²) in [5.74, 6) is -4.09. The topological polar surface area (TPSA) is 127 Å². The van der Waals surface area contributed by atoms with Gasteiger partial charge in [-0.2, -0.15) is 5.10 Å². The van der Waals surface area contributed by atoms with E-state index in [2.05, 4.69) is 10.2 Å². The quantitative estimate of drug-likeness (QED) is 0.559. The normalized spacial score (nSPS) is 11.0. The third-order valence-electron chi connectivity index (χ3n) is 2.78. The van der Waals surface area contributed by atoms with Crippen LogP contribution in [0.5, 0.6) is 0 Å². The van der Waals surface area contributed by atoms with Gasteiger partial charge in [-0.05, 0) is 6.07 Å². The predicted molar refractivity (Wildman–Crippen MR) is 76.3 cm³/mol. The molecule has 22 heavy (non-hydrogen) atoms. The lowest BCUT2D eigenvalue weighted by atomic mass is 10.2. The molecule has 8 nitrogen and oxygen atoms in total. The molecule has 0 aliphatic rings. The first-order valence-electron chi connectivity index (χ1n) is 5.82. The number of benzene rings is 1. The number of nitrogens with one attached hydrogen (secondary N) is 2. The van der Waals surface area contributed by atoms with E-state index < -0.39 is 29.8 Å². The minimum atomic E-state index is -3.23. The number of hydrogen-bond acceptors (Lipinski definition) is 5. The van der Waals surface area contributed by atoms with Crippen LogP contribution in [0.25, 0.3) is 10.9 Å². The zero-order chi connectivity index (χ0) is 15.6. The van der Waals surface area contributed by atoms with E-state index >= 15 is 0 Å². The standard InChI is InChI=1S/C11H11F2N5O3.ClH/c12-11(13,4-14)5-15-10(19)9-7-3-6(18(20)21)1-2-8(7)16-17-9;/h1-3H,4-5,14H2,(H,15,19)(H,16,17);1H. The average molecular weight is 336 g/mol. The van der Waals surface area contributed by atoms with E-state index in [1.807, 2.05) is 5.32 Å². The number of fused-ring (bicyclic) bond motifs is 1. The highest BCUT2D eigenvalue weighted by atomic mass is 35.5. The van der Waals surface area contributed by atoms with E-state index in [1.165, 1.54) is 12.1 Å². The monoisotopic (exact) mass is 335 g/mol. The van der Waals surface area contributed by atoms with Gasteiger partial charge in [-0.3, -0.25) is 20.0 Å². The molecule has 0 unspecified atom stereocenters. The second-order valence-electron chi connectivity index (χ2n) is 4.30. The first-order chi connectivity index (χ1) is 9.84. The van der Waals surface area contributed by atoms with E-state index in [4.69, 9.17) is 5.73 Å². The molecule has 11 heteroatoms. The van der Waals surface area contributed by atoms with E-state index in [-0.39, 0.29) is 29.2 Å². The fourth-order valence-electron chi connectivity index (χ4n) is 1.65. The SMILES string of the molecule is Cl.NCC(F)(F)CNC(=O)c1n[nH]c2ccc([N+](=O)[O-])cc12. The number of nitrogens with two attached hydrogens (primary N) is 1. The molecule has 0 saturated carbocycles. The third kappa shape index (κ3) is 3.65. The number of nitrogens with zero attached hydrogens (tertiary/aromatic N) is 2. The highest BCUT2D eigenvalue weighted by molar-refractivity contribution is 6.05. The molecule has 2 rings (SSSR count). The fraction of sp³-hybridized carbons (Fsp3) is 0.273. The van der Waals surface area contributed by atoms with Crippen LogP contribution >= 0.6 is 12.4 Å². The number of carbonyl (C=O) groups is 1. The summed E-state index contributed by atoms with van der Waals surface area (Å²) < 4.78 is 26.0. The number of amides is 1. The minimum absolute atomic E-state index is 0. The summed E-state index contributed by atoms with van der Waals surface area (Å²) in [6.45, 7) is -1.84. The molecule has 1 aromatic heterocycles. The number of non-ortho nitro benzene ring substituents is 1. The van der Waals surface area contributed by atoms with Gasteiger partial charge in [0.25, 0.3) is 17.5 Å². The Labute approximate surface area is 128 Å². The van der Waals surface area contributed by atoms with Crippen molar-refractivity contribution in [2.24, 2.45) is 5.73 Å². The van der Waals surface area contributed by atoms with Crippen molar-refractivity contribution < 1.29 is 18.5 Å². The molecule has 1 amide bonds. The maximum absolute atomic E-state index is 13.0. The summed E-state index contributed by atoms with van der Waals surface area (Å²) in [4.78, 5) is 21.9. The highest BCUT2D eigenvalue weighted by Gasteiger charge is 2.28. The van der Waals surface area contributed by atoms with E-state index in [0.29, 0.717) is 5.52 Å². The molecule has 0 atom stereocenters. The molecule has 0 fully saturated rings. The van der Waals surface area contributed by atoms with E-state index in [0.717, 1.165) is 6.07 Å². The summed E-state index contributed by atoms with van der Waals surface area (Å²) in [5, 5.41) is 19.1. The lowest BCUT2D eigenvalue weighted by molar-refractivity contribution is -0.384. The lowest BCUT2D eigenvalue weighted by Gasteiger charge is -2.13. The molecule has 0 spiro atoms. The van der Waals surface area contributed by atoms with Crippen LogP contribution in [-0.2, 0) is 0 Å². The van der Waals surface area contributed by atoms with E-state index in [9.17, 15) is 23.7 Å². The maximum Gasteiger partial charge on any atom is 0.277 e. The molecule has 0 aliphatic heterocycles. The van der Waals surface area contributed by atoms with Crippen molar-refractivity contribution in [1.82, 2.24) is 15.5 Å². The number of rotatable bonds is 5. The Morgan fingerprint density at radius 1 is 1.50 bits per heavy atom. The number of alkyl halides is 2. The van der Waals surface area contributed by atoms with Crippen LogP contribution in [0.2, 0.25) is 0 Å². The zero-order valence-corrected chi connectivity index (χ0v) is 11.8. The second kappa shape index (κ2) is 6.62. The van der Waals surface area contributed by atoms with Crippen LogP contribution in [0.15, 0.2) is 18.2 Å². The molecule has 4 N–H and O–H groups in total. The van der Waals surface area contributed by atoms with Gasteiger partial charge >= 0.3 is 0 Å². The van der Waals surface area contributed by atoms with Crippen LogP contribution in [-0.4, -0.2) is 40.0 Å². The van der Waals surface area contributed by atoms with Crippen LogP contribution in [0, 0.1) is 10.1 Å². The van der Waals surface area contributed by atoms with Crippen molar-refractivity contribution >= 4 is 34.9 Å². The van der Waals surface area contributed by atoms with Crippen molar-refractivity contribution in [2.45, 2.75) is 5.92 Å². The van der Waals surface area contributed by atoms with Gasteiger partial charge in [-0.1, -0.05) is 0 Å². The molecule has 2 aromatic rings. The van der Waals surface area contributed by atoms with Crippen molar-refractivity contribution in [3.63, 3.8) is 0 Å². The Morgan fingerprint density at radius 2 is 2.18 bits per heavy atom. The minimum Gasteiger partial charge on any atom is -0.345 e. The molecule has 120 valence electrons. The number of aromatic nitrogens is 2. The summed E-state index contributed by atoms with van der Waals surface area (Å²) in [5.41, 5.74) is 4.82. The van der Waals surface area contributed by atoms with Crippen molar-refractivity contribution in [3.05, 3.63) is 34.0 Å². The molecule has 0 bridgehead atoms. The number of nitro benzene ring substituents is 1. The summed E-state index contributed by atoms with van der Waals surface area (Å²) >= 11 is 0. The number of carbonyl (C=O) groups excluding carboxylic acids is 1. The fourth-order valence-corrected chi connectivity index (χ4v) is 1.65. The van der Waals surface area contributed by atoms with Gasteiger partial charge in [0, 0.05) is 17.5 Å². The Hall–Kier alpha value is -2.33. The summed E-state index contributed by atoms with van der Waals surface area (Å²) in [7, 11) is 0. The lowest BCUT2D eigenvalue weighted by Crippen LogP contribution is -2.41. The Morgan fingerprint density at radius 3 is 2.77 bits per heavy atom. The van der Waals surface area contributed by atoms with Crippen LogP contribution < -0.4 is 11.1 Å². The van der Waals surface area contributed by atoms with Crippen LogP contribution in [0.4, 0.5) is 14.5 Å². The number of hydrogen-bond donors (Lipinski definition) is 3. The number of nitro groups is 1. The van der Waals surface area contributed by atoms with Crippen LogP contribution in [0.1, 0.15) is 10.5 Å². The van der Waals surface area contributed by atoms with Crippen LogP contribution in [0.3, 0.4) is 0 Å². The average Bonchev–Trinajstić information content (AvgIpc) is 2.87. The van der Waals surface area contributed by atoms with Gasteiger partial charge in [0.2, 0.25) is 0 Å². The Bertz CT molecular complexity index is 706. The zero-order valence-electron chi connectivity index (χ0n) is 11.0. The first-order valence-corrected chi connectivity index (χ1v) is 5.82. The first kappa shape index (κ1) is 17.7. The van der Waals surface area contributed by atoms with E-state index in [1.54, 1.807) is 0 Å². The van der Waals surface area contributed by atoms with Gasteiger partial charge in [-0.25, -0.2) is 8.78 Å². The number of aromatic amines is 1. The maximum atomic E-state index is 13.0. The predicted octanol–water partition coefficient (Wildman–Crippen LogP) is 1.22. The van der Waals surface area contributed by atoms with Crippen molar-refractivity contribution in [2.75, 3.05) is 13.1 Å². The smallest absolute Gasteiger partial charge is 0.277 e. The Balaban J connectivity index is 0.00000242.